The van der Waals surface area contributed by atoms with Crippen molar-refractivity contribution < 1.29 is 9.47 Å². The first-order valence-corrected chi connectivity index (χ1v) is 11.8. The Kier molecular flexibility index (Phi) is 4.74. The van der Waals surface area contributed by atoms with Gasteiger partial charge in [-0.3, -0.25) is 0 Å². The number of pyridine rings is 2. The Labute approximate surface area is 207 Å². The average molecular weight is 465 g/mol. The van der Waals surface area contributed by atoms with Gasteiger partial charge in [-0.15, -0.1) is 0 Å². The van der Waals surface area contributed by atoms with Gasteiger partial charge in [-0.2, -0.15) is 0 Å². The lowest BCUT2D eigenvalue weighted by Crippen LogP contribution is -1.94. The molecule has 0 atom stereocenters. The molecule has 7 rings (SSSR count). The Morgan fingerprint density at radius 1 is 0.361 bits per heavy atom. The molecule has 2 aromatic heterocycles. The van der Waals surface area contributed by atoms with E-state index in [4.69, 9.17) is 19.4 Å². The number of rotatable bonds is 4. The van der Waals surface area contributed by atoms with E-state index in [2.05, 4.69) is 12.1 Å². The molecule has 4 nitrogen and oxygen atoms in total. The minimum atomic E-state index is 0.768. The van der Waals surface area contributed by atoms with E-state index in [1.54, 1.807) is 0 Å². The molecule has 0 unspecified atom stereocenters. The van der Waals surface area contributed by atoms with Gasteiger partial charge in [-0.05, 0) is 60.7 Å². The van der Waals surface area contributed by atoms with Crippen molar-refractivity contribution in [3.05, 3.63) is 121 Å². The summed E-state index contributed by atoms with van der Waals surface area (Å²) >= 11 is 0. The molecule has 0 N–H and O–H groups in total. The molecule has 7 aromatic rings. The molecule has 170 valence electrons. The smallest absolute Gasteiger partial charge is 0.146 e. The Hall–Kier alpha value is -4.96. The van der Waals surface area contributed by atoms with Crippen LogP contribution in [0.2, 0.25) is 0 Å². The van der Waals surface area contributed by atoms with Gasteiger partial charge in [0.15, 0.2) is 0 Å². The third kappa shape index (κ3) is 3.48. The van der Waals surface area contributed by atoms with Gasteiger partial charge in [-0.1, -0.05) is 60.7 Å². The van der Waals surface area contributed by atoms with Gasteiger partial charge in [0.1, 0.15) is 23.0 Å². The molecule has 0 radical (unpaired) electrons. The summed E-state index contributed by atoms with van der Waals surface area (Å²) in [5, 5.41) is 3.71. The summed E-state index contributed by atoms with van der Waals surface area (Å²) in [7, 11) is 0. The van der Waals surface area contributed by atoms with Crippen LogP contribution >= 0.6 is 0 Å². The molecule has 2 heterocycles. The fourth-order valence-electron chi connectivity index (χ4n) is 4.63. The van der Waals surface area contributed by atoms with Gasteiger partial charge < -0.3 is 9.47 Å². The Balaban J connectivity index is 1.55. The van der Waals surface area contributed by atoms with Crippen molar-refractivity contribution in [2.75, 3.05) is 0 Å². The van der Waals surface area contributed by atoms with Gasteiger partial charge in [-0.25, -0.2) is 9.97 Å². The second kappa shape index (κ2) is 8.36. The van der Waals surface area contributed by atoms with Crippen LogP contribution in [0.25, 0.3) is 43.6 Å². The van der Waals surface area contributed by atoms with Crippen LogP contribution in [-0.2, 0) is 0 Å². The Morgan fingerprint density at radius 2 is 0.750 bits per heavy atom. The standard InChI is InChI=1S/C32H20N2O2/c1-3-11-21(12-4-1)35-31-23-15-7-9-17-27(23)33-29-20-26-30(19-25(29)31)34-28-18-10-8-16-24(28)32(26)36-22-13-5-2-6-14-22/h1-20H. The van der Waals surface area contributed by atoms with Crippen LogP contribution in [0.4, 0.5) is 0 Å². The number of nitrogens with zero attached hydrogens (tertiary/aromatic N) is 2. The summed E-state index contributed by atoms with van der Waals surface area (Å²) in [5.41, 5.74) is 3.38. The molecule has 5 aromatic carbocycles. The highest BCUT2D eigenvalue weighted by Gasteiger charge is 2.17. The monoisotopic (exact) mass is 464 g/mol. The third-order valence-electron chi connectivity index (χ3n) is 6.31. The van der Waals surface area contributed by atoms with Crippen LogP contribution in [0.5, 0.6) is 23.0 Å². The van der Waals surface area contributed by atoms with Crippen molar-refractivity contribution in [1.82, 2.24) is 9.97 Å². The molecule has 0 saturated heterocycles. The Morgan fingerprint density at radius 3 is 1.19 bits per heavy atom. The predicted molar refractivity (Wildman–Crippen MR) is 145 cm³/mol. The fourth-order valence-corrected chi connectivity index (χ4v) is 4.63. The first-order valence-electron chi connectivity index (χ1n) is 11.8. The topological polar surface area (TPSA) is 44.2 Å². The highest BCUT2D eigenvalue weighted by Crippen LogP contribution is 2.42. The first kappa shape index (κ1) is 20.4. The summed E-state index contributed by atoms with van der Waals surface area (Å²) in [4.78, 5) is 9.99. The van der Waals surface area contributed by atoms with Gasteiger partial charge in [0, 0.05) is 21.5 Å². The first-order chi connectivity index (χ1) is 17.8. The molecule has 0 bridgehead atoms. The van der Waals surface area contributed by atoms with Crippen LogP contribution in [0.3, 0.4) is 0 Å². The van der Waals surface area contributed by atoms with E-state index in [0.717, 1.165) is 66.6 Å². The van der Waals surface area contributed by atoms with E-state index in [1.165, 1.54) is 0 Å². The van der Waals surface area contributed by atoms with Gasteiger partial charge in [0.05, 0.1) is 22.1 Å². The molecule has 4 heteroatoms. The van der Waals surface area contributed by atoms with E-state index < -0.39 is 0 Å². The number of para-hydroxylation sites is 4. The van der Waals surface area contributed by atoms with E-state index >= 15 is 0 Å². The lowest BCUT2D eigenvalue weighted by Gasteiger charge is -2.15. The van der Waals surface area contributed by atoms with Crippen molar-refractivity contribution in [2.24, 2.45) is 0 Å². The number of ether oxygens (including phenoxy) is 2. The zero-order chi connectivity index (χ0) is 23.9. The molecule has 0 aliphatic rings. The van der Waals surface area contributed by atoms with E-state index in [1.807, 2.05) is 109 Å². The van der Waals surface area contributed by atoms with E-state index in [-0.39, 0.29) is 0 Å². The van der Waals surface area contributed by atoms with Crippen LogP contribution in [0.15, 0.2) is 121 Å². The highest BCUT2D eigenvalue weighted by molar-refractivity contribution is 6.10. The maximum atomic E-state index is 6.47. The lowest BCUT2D eigenvalue weighted by molar-refractivity contribution is 0.492. The van der Waals surface area contributed by atoms with Crippen molar-refractivity contribution in [2.45, 2.75) is 0 Å². The quantitative estimate of drug-likeness (QED) is 0.244. The van der Waals surface area contributed by atoms with Crippen LogP contribution in [0, 0.1) is 0 Å². The minimum Gasteiger partial charge on any atom is -0.456 e. The molecular formula is C32H20N2O2. The number of fused-ring (bicyclic) bond motifs is 4. The van der Waals surface area contributed by atoms with E-state index in [9.17, 15) is 0 Å². The van der Waals surface area contributed by atoms with E-state index in [0.29, 0.717) is 0 Å². The normalized spacial score (nSPS) is 11.3. The fraction of sp³-hybridized carbons (Fsp3) is 0. The maximum Gasteiger partial charge on any atom is 0.146 e. The van der Waals surface area contributed by atoms with Crippen molar-refractivity contribution >= 4 is 43.6 Å². The second-order valence-electron chi connectivity index (χ2n) is 8.63. The number of hydrogen-bond acceptors (Lipinski definition) is 4. The number of benzene rings is 5. The van der Waals surface area contributed by atoms with Crippen LogP contribution in [-0.4, -0.2) is 9.97 Å². The highest BCUT2D eigenvalue weighted by atomic mass is 16.5. The molecule has 36 heavy (non-hydrogen) atoms. The summed E-state index contributed by atoms with van der Waals surface area (Å²) < 4.78 is 12.9. The second-order valence-corrected chi connectivity index (χ2v) is 8.63. The molecule has 0 spiro atoms. The largest absolute Gasteiger partial charge is 0.456 e. The number of hydrogen-bond donors (Lipinski definition) is 0. The number of aromatic nitrogens is 2. The third-order valence-corrected chi connectivity index (χ3v) is 6.31. The van der Waals surface area contributed by atoms with Crippen molar-refractivity contribution in [1.29, 1.82) is 0 Å². The molecular weight excluding hydrogens is 444 g/mol. The molecule has 0 aliphatic heterocycles. The average Bonchev–Trinajstić information content (AvgIpc) is 2.93. The van der Waals surface area contributed by atoms with Crippen LogP contribution < -0.4 is 9.47 Å². The van der Waals surface area contributed by atoms with Crippen molar-refractivity contribution in [3.8, 4) is 23.0 Å². The molecule has 0 aliphatic carbocycles. The summed E-state index contributed by atoms with van der Waals surface area (Å²) in [5.74, 6) is 3.08. The minimum absolute atomic E-state index is 0.768. The lowest BCUT2D eigenvalue weighted by atomic mass is 10.0. The molecule has 0 saturated carbocycles. The zero-order valence-corrected chi connectivity index (χ0v) is 19.3. The zero-order valence-electron chi connectivity index (χ0n) is 19.3. The van der Waals surface area contributed by atoms with Gasteiger partial charge >= 0.3 is 0 Å². The summed E-state index contributed by atoms with van der Waals surface area (Å²) in [6.45, 7) is 0. The molecule has 0 fully saturated rings. The predicted octanol–water partition coefficient (Wildman–Crippen LogP) is 8.67. The van der Waals surface area contributed by atoms with Gasteiger partial charge in [0.2, 0.25) is 0 Å². The summed E-state index contributed by atoms with van der Waals surface area (Å²) in [6, 6.07) is 39.9. The van der Waals surface area contributed by atoms with Crippen molar-refractivity contribution in [3.63, 3.8) is 0 Å². The molecule has 0 amide bonds. The van der Waals surface area contributed by atoms with Crippen LogP contribution in [0.1, 0.15) is 0 Å². The Bertz CT molecular complexity index is 1740. The maximum absolute atomic E-state index is 6.47. The SMILES string of the molecule is c1ccc(Oc2c3ccccc3nc3cc4c(Oc5ccccc5)c5ccccc5nc4cc23)cc1. The summed E-state index contributed by atoms with van der Waals surface area (Å²) in [6.07, 6.45) is 0. The van der Waals surface area contributed by atoms with Gasteiger partial charge in [0.25, 0.3) is 0 Å².